The smallest absolute Gasteiger partial charge is 0.416 e. The van der Waals surface area contributed by atoms with Gasteiger partial charge in [-0.3, -0.25) is 5.73 Å². The number of hydrogen-bond acceptors (Lipinski definition) is 2. The highest BCUT2D eigenvalue weighted by atomic mass is 19.4. The molecule has 0 radical (unpaired) electrons. The van der Waals surface area contributed by atoms with Crippen molar-refractivity contribution in [2.75, 3.05) is 6.73 Å². The van der Waals surface area contributed by atoms with E-state index in [1.54, 1.807) is 0 Å². The third-order valence-corrected chi connectivity index (χ3v) is 1.41. The highest BCUT2D eigenvalue weighted by Gasteiger charge is 2.30. The molecule has 1 aromatic carbocycles. The molecule has 2 nitrogen and oxygen atoms in total. The van der Waals surface area contributed by atoms with Crippen LogP contribution < -0.4 is 10.5 Å². The molecule has 13 heavy (non-hydrogen) atoms. The molecule has 0 aliphatic carbocycles. The van der Waals surface area contributed by atoms with Gasteiger partial charge in [-0.25, -0.2) is 0 Å². The SMILES string of the molecule is NCOc1cccc(C(F)(F)F)c1. The molecule has 0 saturated carbocycles. The average molecular weight is 191 g/mol. The van der Waals surface area contributed by atoms with Gasteiger partial charge in [-0.05, 0) is 18.2 Å². The minimum atomic E-state index is -4.34. The Morgan fingerprint density at radius 1 is 1.31 bits per heavy atom. The molecule has 1 rings (SSSR count). The zero-order chi connectivity index (χ0) is 9.90. The molecular formula is C8H8F3NO. The molecule has 0 unspecified atom stereocenters. The van der Waals surface area contributed by atoms with Crippen LogP contribution in [0.4, 0.5) is 13.2 Å². The number of rotatable bonds is 2. The molecule has 0 saturated heterocycles. The summed E-state index contributed by atoms with van der Waals surface area (Å²) in [7, 11) is 0. The summed E-state index contributed by atoms with van der Waals surface area (Å²) in [6.45, 7) is -0.138. The van der Waals surface area contributed by atoms with E-state index in [2.05, 4.69) is 0 Å². The first-order valence-electron chi connectivity index (χ1n) is 3.54. The van der Waals surface area contributed by atoms with Crippen LogP contribution in [0.5, 0.6) is 5.75 Å². The van der Waals surface area contributed by atoms with Crippen molar-refractivity contribution in [3.8, 4) is 5.75 Å². The largest absolute Gasteiger partial charge is 0.479 e. The maximum absolute atomic E-state index is 12.1. The van der Waals surface area contributed by atoms with Gasteiger partial charge in [0.05, 0.1) is 5.56 Å². The second-order valence-electron chi connectivity index (χ2n) is 2.34. The first kappa shape index (κ1) is 9.85. The fraction of sp³-hybridized carbons (Fsp3) is 0.250. The summed E-state index contributed by atoms with van der Waals surface area (Å²) in [5.74, 6) is 0.123. The fourth-order valence-electron chi connectivity index (χ4n) is 0.858. The van der Waals surface area contributed by atoms with Crippen LogP contribution in [0.25, 0.3) is 0 Å². The molecule has 2 N–H and O–H groups in total. The van der Waals surface area contributed by atoms with E-state index < -0.39 is 11.7 Å². The minimum absolute atomic E-state index is 0.123. The lowest BCUT2D eigenvalue weighted by molar-refractivity contribution is -0.137. The summed E-state index contributed by atoms with van der Waals surface area (Å²) in [5, 5.41) is 0. The fourth-order valence-corrected chi connectivity index (χ4v) is 0.858. The Morgan fingerprint density at radius 3 is 2.54 bits per heavy atom. The van der Waals surface area contributed by atoms with Crippen molar-refractivity contribution in [2.45, 2.75) is 6.18 Å². The van der Waals surface area contributed by atoms with Gasteiger partial charge in [0.1, 0.15) is 12.5 Å². The standard InChI is InChI=1S/C8H8F3NO/c9-8(10,11)6-2-1-3-7(4-6)13-5-12/h1-4H,5,12H2. The van der Waals surface area contributed by atoms with E-state index in [1.165, 1.54) is 12.1 Å². The Hall–Kier alpha value is -1.23. The first-order valence-corrected chi connectivity index (χ1v) is 3.54. The lowest BCUT2D eigenvalue weighted by Crippen LogP contribution is -2.09. The molecule has 0 aromatic heterocycles. The summed E-state index contributed by atoms with van der Waals surface area (Å²) >= 11 is 0. The normalized spacial score (nSPS) is 11.4. The summed E-state index contributed by atoms with van der Waals surface area (Å²) < 4.78 is 41.1. The van der Waals surface area contributed by atoms with Crippen molar-refractivity contribution in [3.05, 3.63) is 29.8 Å². The molecular weight excluding hydrogens is 183 g/mol. The van der Waals surface area contributed by atoms with E-state index in [1.807, 2.05) is 0 Å². The van der Waals surface area contributed by atoms with Crippen LogP contribution in [0.15, 0.2) is 24.3 Å². The van der Waals surface area contributed by atoms with Crippen molar-refractivity contribution in [1.29, 1.82) is 0 Å². The van der Waals surface area contributed by atoms with Crippen molar-refractivity contribution >= 4 is 0 Å². The Morgan fingerprint density at radius 2 is 2.00 bits per heavy atom. The molecule has 0 fully saturated rings. The summed E-state index contributed by atoms with van der Waals surface area (Å²) in [6.07, 6.45) is -4.34. The Labute approximate surface area is 73.1 Å². The molecule has 5 heteroatoms. The van der Waals surface area contributed by atoms with Gasteiger partial charge >= 0.3 is 6.18 Å². The van der Waals surface area contributed by atoms with Crippen LogP contribution in [0, 0.1) is 0 Å². The van der Waals surface area contributed by atoms with Crippen molar-refractivity contribution in [1.82, 2.24) is 0 Å². The van der Waals surface area contributed by atoms with E-state index in [0.29, 0.717) is 0 Å². The highest BCUT2D eigenvalue weighted by Crippen LogP contribution is 2.31. The maximum atomic E-state index is 12.1. The summed E-state index contributed by atoms with van der Waals surface area (Å²) in [4.78, 5) is 0. The molecule has 0 aliphatic rings. The lowest BCUT2D eigenvalue weighted by Gasteiger charge is -2.08. The number of hydrogen-bond donors (Lipinski definition) is 1. The highest BCUT2D eigenvalue weighted by molar-refractivity contribution is 5.30. The molecule has 72 valence electrons. The quantitative estimate of drug-likeness (QED) is 0.725. The number of benzene rings is 1. The monoisotopic (exact) mass is 191 g/mol. The predicted molar refractivity (Wildman–Crippen MR) is 41.1 cm³/mol. The zero-order valence-corrected chi connectivity index (χ0v) is 6.64. The lowest BCUT2D eigenvalue weighted by atomic mass is 10.2. The Kier molecular flexibility index (Phi) is 2.77. The van der Waals surface area contributed by atoms with Crippen molar-refractivity contribution in [3.63, 3.8) is 0 Å². The topological polar surface area (TPSA) is 35.2 Å². The number of halogens is 3. The Balaban J connectivity index is 2.92. The maximum Gasteiger partial charge on any atom is 0.416 e. The van der Waals surface area contributed by atoms with E-state index in [9.17, 15) is 13.2 Å². The molecule has 0 amide bonds. The Bertz CT molecular complexity index is 285. The van der Waals surface area contributed by atoms with Gasteiger partial charge in [0.15, 0.2) is 0 Å². The van der Waals surface area contributed by atoms with Crippen LogP contribution >= 0.6 is 0 Å². The van der Waals surface area contributed by atoms with Gasteiger partial charge in [-0.1, -0.05) is 6.07 Å². The minimum Gasteiger partial charge on any atom is -0.479 e. The average Bonchev–Trinajstić information content (AvgIpc) is 2.04. The van der Waals surface area contributed by atoms with Gasteiger partial charge in [0.25, 0.3) is 0 Å². The number of alkyl halides is 3. The molecule has 0 bridgehead atoms. The second kappa shape index (κ2) is 3.66. The zero-order valence-electron chi connectivity index (χ0n) is 6.64. The van der Waals surface area contributed by atoms with Crippen LogP contribution in [-0.4, -0.2) is 6.73 Å². The molecule has 0 aliphatic heterocycles. The van der Waals surface area contributed by atoms with Crippen molar-refractivity contribution in [2.24, 2.45) is 5.73 Å². The molecule has 0 atom stereocenters. The summed E-state index contributed by atoms with van der Waals surface area (Å²) in [6, 6.07) is 4.58. The van der Waals surface area contributed by atoms with Gasteiger partial charge in [-0.2, -0.15) is 13.2 Å². The number of nitrogens with two attached hydrogens (primary N) is 1. The van der Waals surface area contributed by atoms with Crippen LogP contribution in [-0.2, 0) is 6.18 Å². The first-order chi connectivity index (χ1) is 6.04. The van der Waals surface area contributed by atoms with Crippen LogP contribution in [0.2, 0.25) is 0 Å². The third kappa shape index (κ3) is 2.62. The van der Waals surface area contributed by atoms with E-state index in [4.69, 9.17) is 10.5 Å². The summed E-state index contributed by atoms with van der Waals surface area (Å²) in [5.41, 5.74) is 4.28. The molecule has 0 spiro atoms. The van der Waals surface area contributed by atoms with Gasteiger partial charge in [0.2, 0.25) is 0 Å². The molecule has 1 aromatic rings. The van der Waals surface area contributed by atoms with Gasteiger partial charge in [-0.15, -0.1) is 0 Å². The number of ether oxygens (including phenoxy) is 1. The third-order valence-electron chi connectivity index (χ3n) is 1.41. The van der Waals surface area contributed by atoms with E-state index in [-0.39, 0.29) is 12.5 Å². The van der Waals surface area contributed by atoms with Gasteiger partial charge in [0, 0.05) is 0 Å². The van der Waals surface area contributed by atoms with E-state index >= 15 is 0 Å². The van der Waals surface area contributed by atoms with Gasteiger partial charge < -0.3 is 4.74 Å². The predicted octanol–water partition coefficient (Wildman–Crippen LogP) is 2.00. The molecule has 0 heterocycles. The van der Waals surface area contributed by atoms with Crippen molar-refractivity contribution < 1.29 is 17.9 Å². The second-order valence-corrected chi connectivity index (χ2v) is 2.34. The van der Waals surface area contributed by atoms with Crippen LogP contribution in [0.3, 0.4) is 0 Å². The van der Waals surface area contributed by atoms with E-state index in [0.717, 1.165) is 12.1 Å². The van der Waals surface area contributed by atoms with Crippen LogP contribution in [0.1, 0.15) is 5.56 Å².